The van der Waals surface area contributed by atoms with E-state index in [2.05, 4.69) is 24.1 Å². The fourth-order valence-electron chi connectivity index (χ4n) is 4.50. The molecule has 0 aliphatic carbocycles. The largest absolute Gasteiger partial charge is 0.492 e. The molecule has 0 aromatic heterocycles. The van der Waals surface area contributed by atoms with Gasteiger partial charge in [0.05, 0.1) is 18.8 Å². The Bertz CT molecular complexity index is 1080. The van der Waals surface area contributed by atoms with Crippen LogP contribution in [0.15, 0.2) is 36.4 Å². The monoisotopic (exact) mass is 438 g/mol. The molecule has 1 fully saturated rings. The van der Waals surface area contributed by atoms with E-state index in [0.29, 0.717) is 29.2 Å². The summed E-state index contributed by atoms with van der Waals surface area (Å²) in [5.74, 6) is 0.801. The van der Waals surface area contributed by atoms with Crippen LogP contribution in [0.25, 0.3) is 11.3 Å². The van der Waals surface area contributed by atoms with Crippen molar-refractivity contribution in [1.29, 1.82) is 0 Å². The first-order chi connectivity index (χ1) is 15.5. The van der Waals surface area contributed by atoms with Crippen LogP contribution in [-0.2, 0) is 14.3 Å². The highest BCUT2D eigenvalue weighted by molar-refractivity contribution is 6.36. The van der Waals surface area contributed by atoms with Crippen molar-refractivity contribution in [1.82, 2.24) is 4.90 Å². The maximum absolute atomic E-state index is 13.9. The summed E-state index contributed by atoms with van der Waals surface area (Å²) in [5, 5.41) is 2.82. The molecule has 3 heterocycles. The Morgan fingerprint density at radius 2 is 1.97 bits per heavy atom. The highest BCUT2D eigenvalue weighted by Crippen LogP contribution is 2.48. The third kappa shape index (κ3) is 3.87. The van der Waals surface area contributed by atoms with Gasteiger partial charge in [0.1, 0.15) is 30.0 Å². The van der Waals surface area contributed by atoms with Gasteiger partial charge in [-0.1, -0.05) is 13.8 Å². The Labute approximate surface area is 187 Å². The van der Waals surface area contributed by atoms with Crippen LogP contribution in [0.3, 0.4) is 0 Å². The molecule has 32 heavy (non-hydrogen) atoms. The maximum Gasteiger partial charge on any atom is 0.260 e. The summed E-state index contributed by atoms with van der Waals surface area (Å²) in [4.78, 5) is 15.1. The average molecular weight is 438 g/mol. The topological polar surface area (TPSA) is 60.0 Å². The van der Waals surface area contributed by atoms with Gasteiger partial charge in [0, 0.05) is 42.0 Å². The number of nitrogens with one attached hydrogen (secondary N) is 1. The lowest BCUT2D eigenvalue weighted by atomic mass is 9.95. The third-order valence-electron chi connectivity index (χ3n) is 6.16. The lowest BCUT2D eigenvalue weighted by Crippen LogP contribution is -2.38. The molecule has 1 atom stereocenters. The van der Waals surface area contributed by atoms with Gasteiger partial charge < -0.3 is 19.5 Å². The van der Waals surface area contributed by atoms with Crippen LogP contribution in [0.2, 0.25) is 0 Å². The summed E-state index contributed by atoms with van der Waals surface area (Å²) in [7, 11) is 0. The van der Waals surface area contributed by atoms with Crippen molar-refractivity contribution >= 4 is 22.9 Å². The number of nitrogens with zero attached hydrogens (tertiary/aromatic N) is 1. The first kappa shape index (κ1) is 21.0. The zero-order chi connectivity index (χ0) is 22.2. The normalized spacial score (nSPS) is 22.5. The van der Waals surface area contributed by atoms with Gasteiger partial charge in [-0.25, -0.2) is 4.39 Å². The molecule has 3 aliphatic rings. The quantitative estimate of drug-likeness (QED) is 0.713. The molecule has 1 saturated heterocycles. The molecule has 0 spiro atoms. The fourth-order valence-corrected chi connectivity index (χ4v) is 4.50. The molecular formula is C25H27FN2O4. The lowest BCUT2D eigenvalue weighted by molar-refractivity contribution is -0.110. The molecule has 2 aromatic rings. The molecule has 168 valence electrons. The average Bonchev–Trinajstić information content (AvgIpc) is 3.30. The zero-order valence-corrected chi connectivity index (χ0v) is 18.3. The van der Waals surface area contributed by atoms with E-state index < -0.39 is 0 Å². The van der Waals surface area contributed by atoms with Crippen molar-refractivity contribution < 1.29 is 23.4 Å². The van der Waals surface area contributed by atoms with Crippen molar-refractivity contribution in [3.63, 3.8) is 0 Å². The molecule has 1 amide bonds. The van der Waals surface area contributed by atoms with Crippen LogP contribution >= 0.6 is 0 Å². The summed E-state index contributed by atoms with van der Waals surface area (Å²) in [5.41, 5.74) is 3.35. The predicted molar refractivity (Wildman–Crippen MR) is 120 cm³/mol. The van der Waals surface area contributed by atoms with E-state index in [1.807, 2.05) is 18.2 Å². The number of anilines is 1. The first-order valence-corrected chi connectivity index (χ1v) is 11.1. The maximum atomic E-state index is 13.9. The molecule has 0 bridgehead atoms. The minimum Gasteiger partial charge on any atom is -0.492 e. The molecule has 6 nitrogen and oxygen atoms in total. The Balaban J connectivity index is 1.44. The van der Waals surface area contributed by atoms with Crippen molar-refractivity contribution in [2.75, 3.05) is 44.8 Å². The van der Waals surface area contributed by atoms with Crippen LogP contribution < -0.4 is 10.1 Å². The smallest absolute Gasteiger partial charge is 0.260 e. The van der Waals surface area contributed by atoms with Gasteiger partial charge in [0.25, 0.3) is 5.91 Å². The van der Waals surface area contributed by atoms with Gasteiger partial charge >= 0.3 is 0 Å². The SMILES string of the molecule is CC(C)C1O/C(=C2/C(=O)Nc3ccc(F)cc32)c2ccc(OCCN3CCOCC3)cc21. The number of ether oxygens (including phenoxy) is 3. The van der Waals surface area contributed by atoms with Gasteiger partial charge in [-0.3, -0.25) is 9.69 Å². The number of carbonyl (C=O) groups is 1. The minimum atomic E-state index is -0.388. The summed E-state index contributed by atoms with van der Waals surface area (Å²) >= 11 is 0. The van der Waals surface area contributed by atoms with Crippen LogP contribution in [0, 0.1) is 11.7 Å². The predicted octanol–water partition coefficient (Wildman–Crippen LogP) is 4.08. The second-order valence-electron chi connectivity index (χ2n) is 8.68. The standard InChI is InChI=1S/C25H27FN2O4/c1-15(2)23-19-14-17(31-12-9-28-7-10-30-11-8-28)4-5-18(19)24(32-23)22-20-13-16(26)3-6-21(20)27-25(22)29/h3-6,13-15,23H,7-12H2,1-2H3,(H,27,29)/b24-22+. The summed E-state index contributed by atoms with van der Waals surface area (Å²) in [6, 6.07) is 10.2. The van der Waals surface area contributed by atoms with Crippen LogP contribution in [0.1, 0.15) is 36.6 Å². The van der Waals surface area contributed by atoms with Crippen molar-refractivity contribution in [2.24, 2.45) is 5.92 Å². The molecule has 1 N–H and O–H groups in total. The van der Waals surface area contributed by atoms with Crippen LogP contribution in [-0.4, -0.2) is 50.3 Å². The molecular weight excluding hydrogens is 411 g/mol. The fraction of sp³-hybridized carbons (Fsp3) is 0.400. The highest BCUT2D eigenvalue weighted by Gasteiger charge is 2.37. The molecule has 7 heteroatoms. The Morgan fingerprint density at radius 3 is 2.75 bits per heavy atom. The van der Waals surface area contributed by atoms with E-state index >= 15 is 0 Å². The Hall–Kier alpha value is -2.90. The van der Waals surface area contributed by atoms with E-state index in [-0.39, 0.29) is 23.7 Å². The summed E-state index contributed by atoms with van der Waals surface area (Å²) < 4.78 is 31.7. The van der Waals surface area contributed by atoms with E-state index in [1.54, 1.807) is 6.07 Å². The number of benzene rings is 2. The Morgan fingerprint density at radius 1 is 1.16 bits per heavy atom. The van der Waals surface area contributed by atoms with Gasteiger partial charge in [-0.2, -0.15) is 0 Å². The minimum absolute atomic E-state index is 0.187. The van der Waals surface area contributed by atoms with Gasteiger partial charge in [-0.05, 0) is 42.3 Å². The third-order valence-corrected chi connectivity index (χ3v) is 6.16. The van der Waals surface area contributed by atoms with Crippen molar-refractivity contribution in [2.45, 2.75) is 20.0 Å². The molecule has 2 aromatic carbocycles. The number of fused-ring (bicyclic) bond motifs is 2. The highest BCUT2D eigenvalue weighted by atomic mass is 19.1. The van der Waals surface area contributed by atoms with E-state index in [4.69, 9.17) is 14.2 Å². The summed E-state index contributed by atoms with van der Waals surface area (Å²) in [6.45, 7) is 8.99. The van der Waals surface area contributed by atoms with Gasteiger partial charge in [0.15, 0.2) is 0 Å². The van der Waals surface area contributed by atoms with E-state index in [1.165, 1.54) is 12.1 Å². The van der Waals surface area contributed by atoms with Crippen molar-refractivity contribution in [3.05, 3.63) is 58.9 Å². The molecule has 5 rings (SSSR count). The lowest BCUT2D eigenvalue weighted by Gasteiger charge is -2.26. The number of morpholine rings is 1. The number of hydrogen-bond donors (Lipinski definition) is 1. The number of rotatable bonds is 5. The molecule has 3 aliphatic heterocycles. The zero-order valence-electron chi connectivity index (χ0n) is 18.3. The number of carbonyl (C=O) groups excluding carboxylic acids is 1. The molecule has 1 unspecified atom stereocenters. The first-order valence-electron chi connectivity index (χ1n) is 11.1. The number of amides is 1. The molecule has 0 saturated carbocycles. The van der Waals surface area contributed by atoms with Crippen LogP contribution in [0.5, 0.6) is 5.75 Å². The number of halogens is 1. The van der Waals surface area contributed by atoms with E-state index in [0.717, 1.165) is 49.7 Å². The second-order valence-corrected chi connectivity index (χ2v) is 8.68. The summed E-state index contributed by atoms with van der Waals surface area (Å²) in [6.07, 6.45) is -0.208. The number of hydrogen-bond acceptors (Lipinski definition) is 5. The van der Waals surface area contributed by atoms with Gasteiger partial charge in [-0.15, -0.1) is 0 Å². The second kappa shape index (κ2) is 8.56. The Kier molecular flexibility index (Phi) is 5.61. The van der Waals surface area contributed by atoms with Crippen molar-refractivity contribution in [3.8, 4) is 5.75 Å². The van der Waals surface area contributed by atoms with E-state index in [9.17, 15) is 9.18 Å². The molecule has 0 radical (unpaired) electrons. The van der Waals surface area contributed by atoms with Crippen LogP contribution in [0.4, 0.5) is 10.1 Å². The van der Waals surface area contributed by atoms with Gasteiger partial charge in [0.2, 0.25) is 0 Å².